The van der Waals surface area contributed by atoms with Gasteiger partial charge < -0.3 is 9.84 Å². The molecule has 0 aliphatic carbocycles. The monoisotopic (exact) mass is 172 g/mol. The van der Waals surface area contributed by atoms with E-state index in [-0.39, 0.29) is 18.6 Å². The first-order valence-corrected chi connectivity index (χ1v) is 4.65. The molecule has 72 valence electrons. The number of allylic oxidation sites excluding steroid dienone is 1. The van der Waals surface area contributed by atoms with Crippen LogP contribution >= 0.6 is 0 Å². The number of ether oxygens (including phenoxy) is 1. The van der Waals surface area contributed by atoms with E-state index in [1.807, 2.05) is 26.0 Å². The first kappa shape index (κ1) is 11.7. The zero-order chi connectivity index (χ0) is 9.40. The summed E-state index contributed by atoms with van der Waals surface area (Å²) in [6.07, 6.45) is 5.01. The molecule has 0 spiro atoms. The van der Waals surface area contributed by atoms with Gasteiger partial charge in [0.15, 0.2) is 0 Å². The van der Waals surface area contributed by atoms with Crippen molar-refractivity contribution in [2.45, 2.75) is 33.3 Å². The second-order valence-electron chi connectivity index (χ2n) is 2.80. The lowest BCUT2D eigenvalue weighted by Crippen LogP contribution is -2.24. The Bertz CT molecular complexity index is 117. The maximum Gasteiger partial charge on any atom is 0.0805 e. The highest BCUT2D eigenvalue weighted by Crippen LogP contribution is 2.12. The van der Waals surface area contributed by atoms with Crippen LogP contribution in [0.5, 0.6) is 0 Å². The second kappa shape index (κ2) is 7.32. The zero-order valence-corrected chi connectivity index (χ0v) is 8.29. The second-order valence-corrected chi connectivity index (χ2v) is 2.80. The fraction of sp³-hybridized carbons (Fsp3) is 0.800. The van der Waals surface area contributed by atoms with Crippen molar-refractivity contribution in [1.82, 2.24) is 0 Å². The fourth-order valence-corrected chi connectivity index (χ4v) is 1.20. The molecule has 2 atom stereocenters. The predicted octanol–water partition coefficient (Wildman–Crippen LogP) is 1.99. The Hall–Kier alpha value is -0.340. The minimum absolute atomic E-state index is 0.0787. The zero-order valence-electron chi connectivity index (χ0n) is 8.29. The first-order chi connectivity index (χ1) is 5.79. The van der Waals surface area contributed by atoms with Crippen LogP contribution in [0.25, 0.3) is 0 Å². The molecule has 0 aliphatic rings. The molecular formula is C10H20O2. The molecule has 0 aliphatic heterocycles. The highest BCUT2D eigenvalue weighted by molar-refractivity contribution is 4.90. The van der Waals surface area contributed by atoms with Gasteiger partial charge in [0.2, 0.25) is 0 Å². The smallest absolute Gasteiger partial charge is 0.0805 e. The molecule has 0 fully saturated rings. The summed E-state index contributed by atoms with van der Waals surface area (Å²) in [5.41, 5.74) is 0. The van der Waals surface area contributed by atoms with Gasteiger partial charge in [-0.3, -0.25) is 0 Å². The van der Waals surface area contributed by atoms with Gasteiger partial charge in [0.25, 0.3) is 0 Å². The number of hydrogen-bond acceptors (Lipinski definition) is 2. The van der Waals surface area contributed by atoms with E-state index in [0.29, 0.717) is 6.61 Å². The Morgan fingerprint density at radius 1 is 1.42 bits per heavy atom. The van der Waals surface area contributed by atoms with E-state index < -0.39 is 0 Å². The van der Waals surface area contributed by atoms with Crippen LogP contribution in [0, 0.1) is 5.92 Å². The molecule has 2 heteroatoms. The quantitative estimate of drug-likeness (QED) is 0.621. The summed E-state index contributed by atoms with van der Waals surface area (Å²) in [5.74, 6) is 0.237. The lowest BCUT2D eigenvalue weighted by atomic mass is 10.00. The van der Waals surface area contributed by atoms with Crippen molar-refractivity contribution < 1.29 is 9.84 Å². The van der Waals surface area contributed by atoms with Gasteiger partial charge >= 0.3 is 0 Å². The van der Waals surface area contributed by atoms with Crippen LogP contribution in [0.4, 0.5) is 0 Å². The molecule has 0 saturated heterocycles. The standard InChI is InChI=1S/C10H20O2/c1-4-7-10(12-6-3)9(5-2)8-11/h4,7,9-11H,5-6,8H2,1-3H3. The molecule has 0 aromatic carbocycles. The van der Waals surface area contributed by atoms with E-state index in [4.69, 9.17) is 9.84 Å². The van der Waals surface area contributed by atoms with Gasteiger partial charge in [0, 0.05) is 19.1 Å². The third-order valence-corrected chi connectivity index (χ3v) is 1.96. The lowest BCUT2D eigenvalue weighted by Gasteiger charge is -2.21. The number of aliphatic hydroxyl groups is 1. The molecule has 0 amide bonds. The van der Waals surface area contributed by atoms with Crippen molar-refractivity contribution in [2.24, 2.45) is 5.92 Å². The fourth-order valence-electron chi connectivity index (χ4n) is 1.20. The molecule has 0 aromatic heterocycles. The molecule has 1 N–H and O–H groups in total. The normalized spacial score (nSPS) is 16.7. The van der Waals surface area contributed by atoms with E-state index in [9.17, 15) is 0 Å². The molecule has 2 unspecified atom stereocenters. The summed E-state index contributed by atoms with van der Waals surface area (Å²) < 4.78 is 5.48. The van der Waals surface area contributed by atoms with E-state index in [0.717, 1.165) is 6.42 Å². The molecule has 0 radical (unpaired) electrons. The lowest BCUT2D eigenvalue weighted by molar-refractivity contribution is 0.0289. The molecule has 12 heavy (non-hydrogen) atoms. The highest BCUT2D eigenvalue weighted by Gasteiger charge is 2.15. The molecule has 0 bridgehead atoms. The molecule has 0 aromatic rings. The van der Waals surface area contributed by atoms with Crippen LogP contribution in [-0.4, -0.2) is 24.4 Å². The average molecular weight is 172 g/mol. The summed E-state index contributed by atoms with van der Waals surface area (Å²) in [5, 5.41) is 9.04. The van der Waals surface area contributed by atoms with Crippen LogP contribution in [0.15, 0.2) is 12.2 Å². The van der Waals surface area contributed by atoms with Gasteiger partial charge in [-0.15, -0.1) is 0 Å². The summed E-state index contributed by atoms with van der Waals surface area (Å²) in [7, 11) is 0. The summed E-state index contributed by atoms with van der Waals surface area (Å²) in [4.78, 5) is 0. The predicted molar refractivity (Wildman–Crippen MR) is 51.1 cm³/mol. The Morgan fingerprint density at radius 2 is 2.08 bits per heavy atom. The molecule has 2 nitrogen and oxygen atoms in total. The van der Waals surface area contributed by atoms with Crippen LogP contribution in [-0.2, 0) is 4.74 Å². The minimum Gasteiger partial charge on any atom is -0.396 e. The maximum absolute atomic E-state index is 9.04. The average Bonchev–Trinajstić information content (AvgIpc) is 2.07. The highest BCUT2D eigenvalue weighted by atomic mass is 16.5. The molecule has 0 heterocycles. The SMILES string of the molecule is CC=CC(OCC)C(CC)CO. The maximum atomic E-state index is 9.04. The van der Waals surface area contributed by atoms with E-state index in [2.05, 4.69) is 6.92 Å². The van der Waals surface area contributed by atoms with Crippen molar-refractivity contribution in [3.05, 3.63) is 12.2 Å². The van der Waals surface area contributed by atoms with Gasteiger partial charge in [-0.25, -0.2) is 0 Å². The van der Waals surface area contributed by atoms with Crippen LogP contribution < -0.4 is 0 Å². The summed E-state index contributed by atoms with van der Waals surface area (Å²) >= 11 is 0. The summed E-state index contributed by atoms with van der Waals surface area (Å²) in [6, 6.07) is 0. The molecule has 0 saturated carbocycles. The third-order valence-electron chi connectivity index (χ3n) is 1.96. The minimum atomic E-state index is 0.0787. The van der Waals surface area contributed by atoms with Crippen LogP contribution in [0.1, 0.15) is 27.2 Å². The molecular weight excluding hydrogens is 152 g/mol. The van der Waals surface area contributed by atoms with E-state index in [1.54, 1.807) is 0 Å². The Labute approximate surface area is 75.2 Å². The largest absolute Gasteiger partial charge is 0.396 e. The first-order valence-electron chi connectivity index (χ1n) is 4.65. The number of aliphatic hydroxyl groups excluding tert-OH is 1. The van der Waals surface area contributed by atoms with Crippen molar-refractivity contribution >= 4 is 0 Å². The molecule has 0 rings (SSSR count). The van der Waals surface area contributed by atoms with Gasteiger partial charge in [0.05, 0.1) is 6.10 Å². The van der Waals surface area contributed by atoms with Gasteiger partial charge in [0.1, 0.15) is 0 Å². The van der Waals surface area contributed by atoms with Crippen molar-refractivity contribution in [2.75, 3.05) is 13.2 Å². The van der Waals surface area contributed by atoms with Gasteiger partial charge in [-0.1, -0.05) is 19.1 Å². The Morgan fingerprint density at radius 3 is 2.42 bits per heavy atom. The van der Waals surface area contributed by atoms with Crippen LogP contribution in [0.3, 0.4) is 0 Å². The van der Waals surface area contributed by atoms with Gasteiger partial charge in [-0.05, 0) is 20.3 Å². The van der Waals surface area contributed by atoms with Gasteiger partial charge in [-0.2, -0.15) is 0 Å². The Kier molecular flexibility index (Phi) is 7.11. The van der Waals surface area contributed by atoms with E-state index in [1.165, 1.54) is 0 Å². The summed E-state index contributed by atoms with van der Waals surface area (Å²) in [6.45, 7) is 6.91. The number of hydrogen-bond donors (Lipinski definition) is 1. The van der Waals surface area contributed by atoms with Crippen molar-refractivity contribution in [1.29, 1.82) is 0 Å². The third kappa shape index (κ3) is 3.88. The topological polar surface area (TPSA) is 29.5 Å². The van der Waals surface area contributed by atoms with E-state index >= 15 is 0 Å². The van der Waals surface area contributed by atoms with Crippen LogP contribution in [0.2, 0.25) is 0 Å². The van der Waals surface area contributed by atoms with Crippen molar-refractivity contribution in [3.63, 3.8) is 0 Å². The number of rotatable bonds is 6. The van der Waals surface area contributed by atoms with Crippen molar-refractivity contribution in [3.8, 4) is 0 Å². The Balaban J connectivity index is 4.04.